The molecule has 116 valence electrons. The molecule has 0 unspecified atom stereocenters. The maximum atomic E-state index is 9.57. The molecule has 0 spiro atoms. The van der Waals surface area contributed by atoms with E-state index in [0.29, 0.717) is 11.4 Å². The van der Waals surface area contributed by atoms with Crippen molar-refractivity contribution in [2.45, 2.75) is 28.7 Å². The van der Waals surface area contributed by atoms with E-state index in [4.69, 9.17) is 11.5 Å². The molecule has 0 atom stereocenters. The van der Waals surface area contributed by atoms with E-state index in [9.17, 15) is 5.11 Å². The van der Waals surface area contributed by atoms with Crippen LogP contribution in [-0.2, 0) is 0 Å². The van der Waals surface area contributed by atoms with Gasteiger partial charge in [-0.05, 0) is 55.3 Å². The molecule has 3 rings (SSSR count). The largest absolute Gasteiger partial charge is 0.397 e. The number of rotatable bonds is 3. The van der Waals surface area contributed by atoms with Crippen LogP contribution >= 0.6 is 11.8 Å². The van der Waals surface area contributed by atoms with E-state index in [0.717, 1.165) is 30.8 Å². The summed E-state index contributed by atoms with van der Waals surface area (Å²) in [6, 6.07) is 14.2. The smallest absolute Gasteiger partial charge is 0.0574 e. The van der Waals surface area contributed by atoms with Crippen LogP contribution in [0.5, 0.6) is 0 Å². The fourth-order valence-electron chi connectivity index (χ4n) is 2.60. The molecule has 0 radical (unpaired) electrons. The summed E-state index contributed by atoms with van der Waals surface area (Å²) in [5, 5.41) is 9.57. The van der Waals surface area contributed by atoms with Gasteiger partial charge in [-0.2, -0.15) is 0 Å². The zero-order chi connectivity index (χ0) is 15.5. The molecular weight excluding hydrogens is 294 g/mol. The number of anilines is 3. The maximum Gasteiger partial charge on any atom is 0.0574 e. The van der Waals surface area contributed by atoms with Gasteiger partial charge in [0.05, 0.1) is 17.5 Å². The van der Waals surface area contributed by atoms with E-state index in [1.165, 1.54) is 10.6 Å². The first kappa shape index (κ1) is 15.1. The molecular formula is C17H21N3OS. The lowest BCUT2D eigenvalue weighted by atomic mass is 10.1. The van der Waals surface area contributed by atoms with Crippen LogP contribution in [0.2, 0.25) is 0 Å². The Bertz CT molecular complexity index is 637. The Hall–Kier alpha value is -1.85. The average Bonchev–Trinajstić information content (AvgIpc) is 2.53. The predicted octanol–water partition coefficient (Wildman–Crippen LogP) is 2.96. The van der Waals surface area contributed by atoms with Crippen molar-refractivity contribution in [1.29, 1.82) is 0 Å². The number of hydrogen-bond donors (Lipinski definition) is 3. The summed E-state index contributed by atoms with van der Waals surface area (Å²) >= 11 is 1.67. The summed E-state index contributed by atoms with van der Waals surface area (Å²) in [5.41, 5.74) is 14.0. The second kappa shape index (κ2) is 6.50. The Morgan fingerprint density at radius 1 is 0.909 bits per heavy atom. The molecule has 5 N–H and O–H groups in total. The van der Waals surface area contributed by atoms with Gasteiger partial charge >= 0.3 is 0 Å². The highest BCUT2D eigenvalue weighted by Crippen LogP contribution is 2.32. The Balaban J connectivity index is 1.67. The highest BCUT2D eigenvalue weighted by atomic mass is 32.2. The van der Waals surface area contributed by atoms with Gasteiger partial charge in [0.1, 0.15) is 0 Å². The van der Waals surface area contributed by atoms with Crippen LogP contribution in [0.25, 0.3) is 0 Å². The van der Waals surface area contributed by atoms with Crippen LogP contribution in [-0.4, -0.2) is 24.3 Å². The predicted molar refractivity (Wildman–Crippen MR) is 93.3 cm³/mol. The lowest BCUT2D eigenvalue weighted by molar-refractivity contribution is 0.145. The minimum Gasteiger partial charge on any atom is -0.397 e. The van der Waals surface area contributed by atoms with Crippen molar-refractivity contribution in [3.8, 4) is 0 Å². The number of nitrogens with two attached hydrogens (primary N) is 2. The summed E-state index contributed by atoms with van der Waals surface area (Å²) in [6.07, 6.45) is 1.56. The zero-order valence-corrected chi connectivity index (χ0v) is 13.2. The standard InChI is InChI=1S/C17H21N3OS/c18-16-6-5-15(11-17(16)19)22-14-3-1-12(2-4-14)20-9-7-13(21)8-10-20/h1-6,11,13,21H,7-10,18-19H2. The highest BCUT2D eigenvalue weighted by molar-refractivity contribution is 7.99. The molecule has 1 heterocycles. The summed E-state index contributed by atoms with van der Waals surface area (Å²) < 4.78 is 0. The number of nitrogens with zero attached hydrogens (tertiary/aromatic N) is 1. The maximum absolute atomic E-state index is 9.57. The Labute approximate surface area is 135 Å². The van der Waals surface area contributed by atoms with Gasteiger partial charge in [0.25, 0.3) is 0 Å². The number of nitrogen functional groups attached to an aromatic ring is 2. The van der Waals surface area contributed by atoms with Crippen molar-refractivity contribution in [2.75, 3.05) is 29.5 Å². The van der Waals surface area contributed by atoms with Crippen molar-refractivity contribution >= 4 is 28.8 Å². The second-order valence-corrected chi connectivity index (χ2v) is 6.75. The zero-order valence-electron chi connectivity index (χ0n) is 12.4. The van der Waals surface area contributed by atoms with Gasteiger partial charge in [-0.25, -0.2) is 0 Å². The molecule has 2 aromatic carbocycles. The lowest BCUT2D eigenvalue weighted by Gasteiger charge is -2.31. The van der Waals surface area contributed by atoms with Gasteiger partial charge in [-0.3, -0.25) is 0 Å². The van der Waals surface area contributed by atoms with Crippen molar-refractivity contribution in [2.24, 2.45) is 0 Å². The summed E-state index contributed by atoms with van der Waals surface area (Å²) in [4.78, 5) is 4.58. The molecule has 1 aliphatic heterocycles. The molecule has 0 aliphatic carbocycles. The minimum absolute atomic E-state index is 0.137. The van der Waals surface area contributed by atoms with Crippen LogP contribution < -0.4 is 16.4 Å². The number of hydrogen-bond acceptors (Lipinski definition) is 5. The van der Waals surface area contributed by atoms with E-state index in [1.807, 2.05) is 18.2 Å². The second-order valence-electron chi connectivity index (χ2n) is 5.60. The van der Waals surface area contributed by atoms with Gasteiger partial charge in [0, 0.05) is 28.6 Å². The molecule has 4 nitrogen and oxygen atoms in total. The van der Waals surface area contributed by atoms with Crippen molar-refractivity contribution < 1.29 is 5.11 Å². The van der Waals surface area contributed by atoms with E-state index >= 15 is 0 Å². The number of aliphatic hydroxyl groups is 1. The van der Waals surface area contributed by atoms with E-state index < -0.39 is 0 Å². The van der Waals surface area contributed by atoms with Crippen molar-refractivity contribution in [1.82, 2.24) is 0 Å². The van der Waals surface area contributed by atoms with E-state index in [1.54, 1.807) is 11.8 Å². The third-order valence-electron chi connectivity index (χ3n) is 3.96. The van der Waals surface area contributed by atoms with Gasteiger partial charge in [-0.1, -0.05) is 11.8 Å². The SMILES string of the molecule is Nc1ccc(Sc2ccc(N3CCC(O)CC3)cc2)cc1N. The average molecular weight is 315 g/mol. The van der Waals surface area contributed by atoms with Crippen molar-refractivity contribution in [3.63, 3.8) is 0 Å². The molecule has 5 heteroatoms. The molecule has 0 saturated carbocycles. The van der Waals surface area contributed by atoms with Gasteiger partial charge in [0.15, 0.2) is 0 Å². The number of benzene rings is 2. The summed E-state index contributed by atoms with van der Waals surface area (Å²) in [6.45, 7) is 1.84. The van der Waals surface area contributed by atoms with Crippen LogP contribution in [0, 0.1) is 0 Å². The van der Waals surface area contributed by atoms with Gasteiger partial charge in [-0.15, -0.1) is 0 Å². The molecule has 1 fully saturated rings. The van der Waals surface area contributed by atoms with Gasteiger partial charge in [0.2, 0.25) is 0 Å². The van der Waals surface area contributed by atoms with Crippen LogP contribution in [0.3, 0.4) is 0 Å². The molecule has 0 amide bonds. The Kier molecular flexibility index (Phi) is 4.45. The Morgan fingerprint density at radius 3 is 2.18 bits per heavy atom. The highest BCUT2D eigenvalue weighted by Gasteiger charge is 2.17. The molecule has 22 heavy (non-hydrogen) atoms. The normalized spacial score (nSPS) is 16.0. The fraction of sp³-hybridized carbons (Fsp3) is 0.294. The first-order chi connectivity index (χ1) is 10.6. The first-order valence-corrected chi connectivity index (χ1v) is 8.29. The van der Waals surface area contributed by atoms with Crippen LogP contribution in [0.4, 0.5) is 17.1 Å². The van der Waals surface area contributed by atoms with E-state index in [2.05, 4.69) is 29.2 Å². The number of piperidine rings is 1. The molecule has 0 bridgehead atoms. The molecule has 0 aromatic heterocycles. The number of aliphatic hydroxyl groups excluding tert-OH is 1. The summed E-state index contributed by atoms with van der Waals surface area (Å²) in [5.74, 6) is 0. The topological polar surface area (TPSA) is 75.5 Å². The van der Waals surface area contributed by atoms with Gasteiger partial charge < -0.3 is 21.5 Å². The quantitative estimate of drug-likeness (QED) is 0.759. The molecule has 1 saturated heterocycles. The molecule has 2 aromatic rings. The van der Waals surface area contributed by atoms with Crippen LogP contribution in [0.15, 0.2) is 52.3 Å². The Morgan fingerprint density at radius 2 is 1.55 bits per heavy atom. The van der Waals surface area contributed by atoms with E-state index in [-0.39, 0.29) is 6.10 Å². The monoisotopic (exact) mass is 315 g/mol. The third kappa shape index (κ3) is 3.48. The van der Waals surface area contributed by atoms with Crippen molar-refractivity contribution in [3.05, 3.63) is 42.5 Å². The minimum atomic E-state index is -0.137. The fourth-order valence-corrected chi connectivity index (χ4v) is 3.47. The third-order valence-corrected chi connectivity index (χ3v) is 4.96. The molecule has 1 aliphatic rings. The first-order valence-electron chi connectivity index (χ1n) is 7.48. The summed E-state index contributed by atoms with van der Waals surface area (Å²) in [7, 11) is 0. The lowest BCUT2D eigenvalue weighted by Crippen LogP contribution is -2.35. The van der Waals surface area contributed by atoms with Crippen LogP contribution in [0.1, 0.15) is 12.8 Å².